The highest BCUT2D eigenvalue weighted by atomic mass is 16.7. The zero-order valence-electron chi connectivity index (χ0n) is 9.96. The minimum absolute atomic E-state index is 0.110. The summed E-state index contributed by atoms with van der Waals surface area (Å²) in [4.78, 5) is 8.40. The number of hydrogen-bond acceptors (Lipinski definition) is 5. The fourth-order valence-corrected chi connectivity index (χ4v) is 1.84. The van der Waals surface area contributed by atoms with Gasteiger partial charge in [0, 0.05) is 11.6 Å². The van der Waals surface area contributed by atoms with Crippen LogP contribution in [-0.2, 0) is 0 Å². The Hall–Kier alpha value is -2.14. The van der Waals surface area contributed by atoms with Crippen molar-refractivity contribution in [1.82, 2.24) is 9.97 Å². The van der Waals surface area contributed by atoms with E-state index in [0.717, 1.165) is 28.5 Å². The summed E-state index contributed by atoms with van der Waals surface area (Å²) in [5.74, 6) is 1.51. The SMILES string of the molecule is CC(N)c1cc(-c2ccc3c(c2)OCO3)ncn1. The molecule has 0 bridgehead atoms. The van der Waals surface area contributed by atoms with E-state index >= 15 is 0 Å². The Balaban J connectivity index is 2.02. The number of nitrogens with zero attached hydrogens (tertiary/aromatic N) is 2. The summed E-state index contributed by atoms with van der Waals surface area (Å²) < 4.78 is 10.6. The molecule has 3 rings (SSSR count). The molecule has 0 amide bonds. The van der Waals surface area contributed by atoms with Crippen LogP contribution in [0.25, 0.3) is 11.3 Å². The molecule has 2 aromatic rings. The number of fused-ring (bicyclic) bond motifs is 1. The van der Waals surface area contributed by atoms with E-state index in [4.69, 9.17) is 15.2 Å². The van der Waals surface area contributed by atoms with Crippen LogP contribution in [0, 0.1) is 0 Å². The maximum absolute atomic E-state index is 5.82. The van der Waals surface area contributed by atoms with Gasteiger partial charge in [0.15, 0.2) is 11.5 Å². The predicted molar refractivity (Wildman–Crippen MR) is 66.2 cm³/mol. The van der Waals surface area contributed by atoms with Crippen LogP contribution in [0.5, 0.6) is 11.5 Å². The van der Waals surface area contributed by atoms with E-state index in [1.807, 2.05) is 31.2 Å². The van der Waals surface area contributed by atoms with Crippen LogP contribution >= 0.6 is 0 Å². The van der Waals surface area contributed by atoms with Crippen molar-refractivity contribution in [3.8, 4) is 22.8 Å². The lowest BCUT2D eigenvalue weighted by molar-refractivity contribution is 0.174. The third kappa shape index (κ3) is 1.89. The Morgan fingerprint density at radius 1 is 1.17 bits per heavy atom. The summed E-state index contributed by atoms with van der Waals surface area (Å²) in [6, 6.07) is 7.52. The molecule has 2 N–H and O–H groups in total. The first-order valence-corrected chi connectivity index (χ1v) is 5.71. The quantitative estimate of drug-likeness (QED) is 0.872. The summed E-state index contributed by atoms with van der Waals surface area (Å²) in [6.07, 6.45) is 1.53. The van der Waals surface area contributed by atoms with Gasteiger partial charge in [0.1, 0.15) is 6.33 Å². The highest BCUT2D eigenvalue weighted by Gasteiger charge is 2.14. The van der Waals surface area contributed by atoms with Gasteiger partial charge in [-0.25, -0.2) is 9.97 Å². The number of rotatable bonds is 2. The second-order valence-electron chi connectivity index (χ2n) is 4.18. The monoisotopic (exact) mass is 243 g/mol. The first-order valence-electron chi connectivity index (χ1n) is 5.71. The molecular weight excluding hydrogens is 230 g/mol. The predicted octanol–water partition coefficient (Wildman–Crippen LogP) is 1.89. The summed E-state index contributed by atoms with van der Waals surface area (Å²) in [7, 11) is 0. The van der Waals surface area contributed by atoms with Gasteiger partial charge in [0.2, 0.25) is 6.79 Å². The van der Waals surface area contributed by atoms with Gasteiger partial charge in [0.25, 0.3) is 0 Å². The minimum atomic E-state index is -0.110. The lowest BCUT2D eigenvalue weighted by Gasteiger charge is -2.07. The molecule has 0 saturated carbocycles. The molecule has 5 nitrogen and oxygen atoms in total. The van der Waals surface area contributed by atoms with Crippen LogP contribution in [0.1, 0.15) is 18.7 Å². The van der Waals surface area contributed by atoms with E-state index in [1.165, 1.54) is 6.33 Å². The van der Waals surface area contributed by atoms with E-state index in [9.17, 15) is 0 Å². The van der Waals surface area contributed by atoms with Crippen molar-refractivity contribution in [3.63, 3.8) is 0 Å². The molecule has 5 heteroatoms. The Morgan fingerprint density at radius 2 is 2.00 bits per heavy atom. The first kappa shape index (κ1) is 11.0. The fraction of sp³-hybridized carbons (Fsp3) is 0.231. The maximum Gasteiger partial charge on any atom is 0.231 e. The molecule has 1 aliphatic rings. The third-order valence-corrected chi connectivity index (χ3v) is 2.82. The topological polar surface area (TPSA) is 70.3 Å². The highest BCUT2D eigenvalue weighted by molar-refractivity contribution is 5.64. The number of hydrogen-bond donors (Lipinski definition) is 1. The van der Waals surface area contributed by atoms with Crippen molar-refractivity contribution in [1.29, 1.82) is 0 Å². The molecule has 1 aromatic carbocycles. The van der Waals surface area contributed by atoms with Crippen LogP contribution in [0.2, 0.25) is 0 Å². The average molecular weight is 243 g/mol. The van der Waals surface area contributed by atoms with Gasteiger partial charge < -0.3 is 15.2 Å². The van der Waals surface area contributed by atoms with Gasteiger partial charge in [-0.05, 0) is 31.2 Å². The van der Waals surface area contributed by atoms with Crippen molar-refractivity contribution in [2.45, 2.75) is 13.0 Å². The molecule has 0 saturated heterocycles. The number of aromatic nitrogens is 2. The Labute approximate surface area is 105 Å². The van der Waals surface area contributed by atoms with Crippen molar-refractivity contribution < 1.29 is 9.47 Å². The molecule has 0 radical (unpaired) electrons. The van der Waals surface area contributed by atoms with E-state index < -0.39 is 0 Å². The van der Waals surface area contributed by atoms with Gasteiger partial charge in [-0.2, -0.15) is 0 Å². The Bertz CT molecular complexity index is 584. The van der Waals surface area contributed by atoms with E-state index in [0.29, 0.717) is 0 Å². The molecule has 18 heavy (non-hydrogen) atoms. The molecule has 0 aliphatic carbocycles. The highest BCUT2D eigenvalue weighted by Crippen LogP contribution is 2.35. The summed E-state index contributed by atoms with van der Waals surface area (Å²) >= 11 is 0. The third-order valence-electron chi connectivity index (χ3n) is 2.82. The lowest BCUT2D eigenvalue weighted by Crippen LogP contribution is -2.07. The van der Waals surface area contributed by atoms with Gasteiger partial charge in [-0.1, -0.05) is 0 Å². The van der Waals surface area contributed by atoms with Gasteiger partial charge in [-0.3, -0.25) is 0 Å². The second kappa shape index (κ2) is 4.27. The second-order valence-corrected chi connectivity index (χ2v) is 4.18. The number of ether oxygens (including phenoxy) is 2. The van der Waals surface area contributed by atoms with Crippen molar-refractivity contribution in [3.05, 3.63) is 36.3 Å². The zero-order chi connectivity index (χ0) is 12.5. The summed E-state index contributed by atoms with van der Waals surface area (Å²) in [5.41, 5.74) is 8.42. The van der Waals surface area contributed by atoms with Gasteiger partial charge >= 0.3 is 0 Å². The van der Waals surface area contributed by atoms with Crippen LogP contribution in [-0.4, -0.2) is 16.8 Å². The summed E-state index contributed by atoms with van der Waals surface area (Å²) in [6.45, 7) is 2.17. The van der Waals surface area contributed by atoms with Crippen LogP contribution < -0.4 is 15.2 Å². The molecule has 0 spiro atoms. The fourth-order valence-electron chi connectivity index (χ4n) is 1.84. The van der Waals surface area contributed by atoms with E-state index in [-0.39, 0.29) is 12.8 Å². The molecule has 92 valence electrons. The van der Waals surface area contributed by atoms with Crippen molar-refractivity contribution >= 4 is 0 Å². The average Bonchev–Trinajstić information content (AvgIpc) is 2.86. The van der Waals surface area contributed by atoms with Crippen molar-refractivity contribution in [2.24, 2.45) is 5.73 Å². The van der Waals surface area contributed by atoms with Gasteiger partial charge in [-0.15, -0.1) is 0 Å². The molecule has 1 unspecified atom stereocenters. The zero-order valence-corrected chi connectivity index (χ0v) is 9.96. The molecule has 1 aliphatic heterocycles. The summed E-state index contributed by atoms with van der Waals surface area (Å²) in [5, 5.41) is 0. The normalized spacial score (nSPS) is 14.6. The van der Waals surface area contributed by atoms with Crippen molar-refractivity contribution in [2.75, 3.05) is 6.79 Å². The number of benzene rings is 1. The molecule has 0 fully saturated rings. The lowest BCUT2D eigenvalue weighted by atomic mass is 10.1. The maximum atomic E-state index is 5.82. The van der Waals surface area contributed by atoms with Crippen LogP contribution in [0.4, 0.5) is 0 Å². The largest absolute Gasteiger partial charge is 0.454 e. The minimum Gasteiger partial charge on any atom is -0.454 e. The van der Waals surface area contributed by atoms with Gasteiger partial charge in [0.05, 0.1) is 11.4 Å². The molecular formula is C13H13N3O2. The molecule has 1 atom stereocenters. The van der Waals surface area contributed by atoms with Crippen LogP contribution in [0.15, 0.2) is 30.6 Å². The Morgan fingerprint density at radius 3 is 2.83 bits per heavy atom. The standard InChI is InChI=1S/C13H13N3O2/c1-8(14)10-5-11(16-6-15-10)9-2-3-12-13(4-9)18-7-17-12/h2-6,8H,7,14H2,1H3. The molecule has 1 aromatic heterocycles. The van der Waals surface area contributed by atoms with Crippen LogP contribution in [0.3, 0.4) is 0 Å². The van der Waals surface area contributed by atoms with E-state index in [2.05, 4.69) is 9.97 Å². The van der Waals surface area contributed by atoms with E-state index in [1.54, 1.807) is 0 Å². The smallest absolute Gasteiger partial charge is 0.231 e. The Kier molecular flexibility index (Phi) is 2.60. The first-order chi connectivity index (χ1) is 8.74. The molecule has 2 heterocycles. The number of nitrogens with two attached hydrogens (primary N) is 1.